The van der Waals surface area contributed by atoms with E-state index < -0.39 is 0 Å². The van der Waals surface area contributed by atoms with E-state index in [4.69, 9.17) is 9.26 Å². The highest BCUT2D eigenvalue weighted by Gasteiger charge is 2.19. The largest absolute Gasteiger partial charge is 0.485 e. The molecule has 0 fully saturated rings. The number of rotatable bonds is 5. The van der Waals surface area contributed by atoms with Crippen molar-refractivity contribution in [2.75, 3.05) is 11.4 Å². The molecule has 1 aromatic heterocycles. The molecule has 0 saturated carbocycles. The topological polar surface area (TPSA) is 51.4 Å². The second kappa shape index (κ2) is 6.93. The first-order chi connectivity index (χ1) is 12.3. The first-order valence-corrected chi connectivity index (χ1v) is 8.30. The van der Waals surface area contributed by atoms with Crippen LogP contribution in [0.15, 0.2) is 53.1 Å². The third kappa shape index (κ3) is 3.63. The maximum atomic E-state index is 12.9. The summed E-state index contributed by atoms with van der Waals surface area (Å²) in [5.74, 6) is 1.31. The summed E-state index contributed by atoms with van der Waals surface area (Å²) in [5.41, 5.74) is 2.59. The van der Waals surface area contributed by atoms with Crippen molar-refractivity contribution >= 4 is 5.69 Å². The molecule has 0 spiro atoms. The summed E-state index contributed by atoms with van der Waals surface area (Å²) in [5, 5.41) is 3.96. The normalized spacial score (nSPS) is 13.6. The van der Waals surface area contributed by atoms with Crippen LogP contribution in [-0.2, 0) is 19.6 Å². The highest BCUT2D eigenvalue weighted by atomic mass is 19.1. The molecule has 2 heterocycles. The summed E-state index contributed by atoms with van der Waals surface area (Å²) in [6, 6.07) is 14.3. The summed E-state index contributed by atoms with van der Waals surface area (Å²) >= 11 is 0. The van der Waals surface area contributed by atoms with E-state index in [0.29, 0.717) is 24.0 Å². The number of nitrogens with zero attached hydrogens (tertiary/aromatic N) is 3. The number of anilines is 1. The van der Waals surface area contributed by atoms with Gasteiger partial charge in [-0.15, -0.1) is 0 Å². The molecule has 0 saturated heterocycles. The summed E-state index contributed by atoms with van der Waals surface area (Å²) in [6.45, 7) is 1.74. The number of aryl methyl sites for hydroxylation is 1. The third-order valence-corrected chi connectivity index (χ3v) is 4.22. The van der Waals surface area contributed by atoms with Gasteiger partial charge in [0.25, 0.3) is 0 Å². The fourth-order valence-electron chi connectivity index (χ4n) is 3.03. The minimum Gasteiger partial charge on any atom is -0.485 e. The maximum absolute atomic E-state index is 12.9. The number of hydrogen-bond acceptors (Lipinski definition) is 5. The Balaban J connectivity index is 1.39. The number of fused-ring (bicyclic) bond motifs is 1. The molecular formula is C19H18FN3O2. The summed E-state index contributed by atoms with van der Waals surface area (Å²) in [7, 11) is 0. The molecule has 2 aromatic carbocycles. The molecule has 128 valence electrons. The second-order valence-corrected chi connectivity index (χ2v) is 6.00. The molecule has 5 nitrogen and oxygen atoms in total. The molecule has 3 aromatic rings. The molecule has 25 heavy (non-hydrogen) atoms. The Labute approximate surface area is 145 Å². The van der Waals surface area contributed by atoms with Crippen LogP contribution < -0.4 is 9.64 Å². The molecule has 0 bridgehead atoms. The van der Waals surface area contributed by atoms with E-state index in [1.807, 2.05) is 6.07 Å². The van der Waals surface area contributed by atoms with E-state index in [-0.39, 0.29) is 12.4 Å². The Morgan fingerprint density at radius 1 is 1.12 bits per heavy atom. The Morgan fingerprint density at radius 3 is 2.84 bits per heavy atom. The molecule has 1 aliphatic rings. The van der Waals surface area contributed by atoms with Gasteiger partial charge in [0, 0.05) is 12.2 Å². The first kappa shape index (κ1) is 15.6. The van der Waals surface area contributed by atoms with Gasteiger partial charge in [-0.05, 0) is 48.7 Å². The quantitative estimate of drug-likeness (QED) is 0.709. The van der Waals surface area contributed by atoms with Crippen molar-refractivity contribution < 1.29 is 13.7 Å². The number of halogens is 1. The van der Waals surface area contributed by atoms with Gasteiger partial charge in [-0.1, -0.05) is 23.4 Å². The molecule has 0 radical (unpaired) electrons. The predicted octanol–water partition coefficient (Wildman–Crippen LogP) is 3.74. The highest BCUT2D eigenvalue weighted by Crippen LogP contribution is 2.27. The zero-order valence-corrected chi connectivity index (χ0v) is 13.7. The minimum absolute atomic E-state index is 0.186. The van der Waals surface area contributed by atoms with Gasteiger partial charge < -0.3 is 14.2 Å². The monoisotopic (exact) mass is 339 g/mol. The summed E-state index contributed by atoms with van der Waals surface area (Å²) < 4.78 is 23.8. The van der Waals surface area contributed by atoms with Crippen LogP contribution in [0.3, 0.4) is 0 Å². The van der Waals surface area contributed by atoms with Crippen LogP contribution in [-0.4, -0.2) is 16.7 Å². The summed E-state index contributed by atoms with van der Waals surface area (Å²) in [4.78, 5) is 6.65. The van der Waals surface area contributed by atoms with Crippen LogP contribution in [0.1, 0.15) is 23.7 Å². The molecule has 4 rings (SSSR count). The Morgan fingerprint density at radius 2 is 1.96 bits per heavy atom. The molecule has 0 atom stereocenters. The Hall–Kier alpha value is -2.89. The van der Waals surface area contributed by atoms with Crippen molar-refractivity contribution in [2.24, 2.45) is 0 Å². The van der Waals surface area contributed by atoms with E-state index in [0.717, 1.165) is 19.4 Å². The number of ether oxygens (including phenoxy) is 1. The average molecular weight is 339 g/mol. The molecule has 6 heteroatoms. The lowest BCUT2D eigenvalue weighted by atomic mass is 10.0. The molecular weight excluding hydrogens is 321 g/mol. The van der Waals surface area contributed by atoms with Gasteiger partial charge >= 0.3 is 0 Å². The fraction of sp³-hybridized carbons (Fsp3) is 0.263. The summed E-state index contributed by atoms with van der Waals surface area (Å²) in [6.07, 6.45) is 2.22. The van der Waals surface area contributed by atoms with Crippen LogP contribution in [0.4, 0.5) is 10.1 Å². The first-order valence-electron chi connectivity index (χ1n) is 8.30. The van der Waals surface area contributed by atoms with Crippen molar-refractivity contribution in [2.45, 2.75) is 26.0 Å². The highest BCUT2D eigenvalue weighted by molar-refractivity contribution is 5.55. The van der Waals surface area contributed by atoms with Crippen molar-refractivity contribution in [3.8, 4) is 5.75 Å². The molecule has 0 N–H and O–H groups in total. The van der Waals surface area contributed by atoms with Crippen molar-refractivity contribution in [3.05, 3.63) is 71.6 Å². The van der Waals surface area contributed by atoms with Gasteiger partial charge in [0.2, 0.25) is 11.7 Å². The molecule has 0 aliphatic carbocycles. The van der Waals surface area contributed by atoms with E-state index in [1.165, 1.54) is 23.4 Å². The van der Waals surface area contributed by atoms with Gasteiger partial charge in [0.15, 0.2) is 6.61 Å². The van der Waals surface area contributed by atoms with Crippen LogP contribution in [0.25, 0.3) is 0 Å². The minimum atomic E-state index is -0.295. The number of para-hydroxylation sites is 1. The Kier molecular flexibility index (Phi) is 4.33. The number of benzene rings is 2. The maximum Gasteiger partial charge on any atom is 0.246 e. The lowest BCUT2D eigenvalue weighted by Gasteiger charge is -2.29. The van der Waals surface area contributed by atoms with E-state index in [1.54, 1.807) is 12.1 Å². The van der Waals surface area contributed by atoms with Crippen molar-refractivity contribution in [3.63, 3.8) is 0 Å². The van der Waals surface area contributed by atoms with Crippen LogP contribution in [0.5, 0.6) is 5.75 Å². The number of hydrogen-bond donors (Lipinski definition) is 0. The zero-order chi connectivity index (χ0) is 17.1. The predicted molar refractivity (Wildman–Crippen MR) is 90.8 cm³/mol. The second-order valence-electron chi connectivity index (χ2n) is 6.00. The Bertz CT molecular complexity index is 848. The molecule has 0 unspecified atom stereocenters. The van der Waals surface area contributed by atoms with Crippen LogP contribution in [0.2, 0.25) is 0 Å². The lowest BCUT2D eigenvalue weighted by Crippen LogP contribution is -2.28. The van der Waals surface area contributed by atoms with Gasteiger partial charge in [-0.3, -0.25) is 0 Å². The van der Waals surface area contributed by atoms with Crippen molar-refractivity contribution in [1.29, 1.82) is 0 Å². The fourth-order valence-corrected chi connectivity index (χ4v) is 3.03. The van der Waals surface area contributed by atoms with Gasteiger partial charge in [-0.2, -0.15) is 4.98 Å². The molecule has 0 amide bonds. The van der Waals surface area contributed by atoms with E-state index in [9.17, 15) is 4.39 Å². The van der Waals surface area contributed by atoms with E-state index >= 15 is 0 Å². The average Bonchev–Trinajstić information content (AvgIpc) is 3.09. The third-order valence-electron chi connectivity index (χ3n) is 4.22. The van der Waals surface area contributed by atoms with E-state index in [2.05, 4.69) is 33.2 Å². The zero-order valence-electron chi connectivity index (χ0n) is 13.7. The smallest absolute Gasteiger partial charge is 0.246 e. The number of aromatic nitrogens is 2. The standard InChI is InChI=1S/C19H18FN3O2/c20-15-7-9-16(10-8-15)24-13-18-21-19(25-22-18)12-23-11-3-5-14-4-1-2-6-17(14)23/h1-2,4,6-10H,3,5,11-13H2. The van der Waals surface area contributed by atoms with Crippen molar-refractivity contribution in [1.82, 2.24) is 10.1 Å². The van der Waals surface area contributed by atoms with Crippen LogP contribution >= 0.6 is 0 Å². The molecule has 1 aliphatic heterocycles. The van der Waals surface area contributed by atoms with Gasteiger partial charge in [-0.25, -0.2) is 4.39 Å². The van der Waals surface area contributed by atoms with Gasteiger partial charge in [0.1, 0.15) is 11.6 Å². The lowest BCUT2D eigenvalue weighted by molar-refractivity contribution is 0.284. The van der Waals surface area contributed by atoms with Crippen LogP contribution in [0, 0.1) is 5.82 Å². The SMILES string of the molecule is Fc1ccc(OCc2noc(CN3CCCc4ccccc43)n2)cc1. The van der Waals surface area contributed by atoms with Gasteiger partial charge in [0.05, 0.1) is 6.54 Å².